The number of rotatable bonds is 8. The highest BCUT2D eigenvalue weighted by atomic mass is 16.1. The number of imidazole rings is 1. The number of nitrogens with zero attached hydrogens (tertiary/aromatic N) is 3. The molecule has 9 heteroatoms. The molecule has 35 heavy (non-hydrogen) atoms. The second-order valence-corrected chi connectivity index (χ2v) is 9.05. The number of pyridine rings is 1. The fourth-order valence-corrected chi connectivity index (χ4v) is 4.51. The van der Waals surface area contributed by atoms with Crippen molar-refractivity contribution in [1.82, 2.24) is 25.3 Å². The van der Waals surface area contributed by atoms with Crippen LogP contribution in [0.25, 0.3) is 11.2 Å². The molecule has 0 bridgehead atoms. The van der Waals surface area contributed by atoms with Crippen molar-refractivity contribution in [1.29, 1.82) is 0 Å². The van der Waals surface area contributed by atoms with Gasteiger partial charge in [-0.2, -0.15) is 4.98 Å². The number of aromatic amines is 2. The summed E-state index contributed by atoms with van der Waals surface area (Å²) >= 11 is 0. The highest BCUT2D eigenvalue weighted by molar-refractivity contribution is 5.95. The van der Waals surface area contributed by atoms with Gasteiger partial charge in [-0.15, -0.1) is 0 Å². The maximum Gasteiger partial charge on any atom is 0.307 e. The van der Waals surface area contributed by atoms with Gasteiger partial charge in [-0.3, -0.25) is 14.8 Å². The number of hydrogen-bond acceptors (Lipinski definition) is 6. The summed E-state index contributed by atoms with van der Waals surface area (Å²) in [6.45, 7) is 2.53. The summed E-state index contributed by atoms with van der Waals surface area (Å²) in [6.07, 6.45) is 12.2. The minimum atomic E-state index is -0.0953. The van der Waals surface area contributed by atoms with Crippen LogP contribution in [-0.4, -0.2) is 38.4 Å². The maximum absolute atomic E-state index is 12.6. The summed E-state index contributed by atoms with van der Waals surface area (Å²) in [4.78, 5) is 32.5. The zero-order valence-electron chi connectivity index (χ0n) is 19.9. The Morgan fingerprint density at radius 3 is 2.86 bits per heavy atom. The fraction of sp³-hybridized carbons (Fsp3) is 0.346. The Balaban J connectivity index is 1.26. The standard InChI is InChI=1S/C26H30N8O/c1-17-14-19(25(35)28-13-11-18-6-5-12-27-15-18)9-10-21(17)32-26-33-23-22(29-16-30-23)24(34-26)31-20-7-3-2-4-8-20/h5-6,9-10,12,14-16,20H,2-4,7-8,11,13H2,1H3,(H,28,35)(H3,29,30,31,32,33,34)/p+1. The van der Waals surface area contributed by atoms with E-state index in [0.29, 0.717) is 24.1 Å². The lowest BCUT2D eigenvalue weighted by Crippen LogP contribution is -2.25. The lowest BCUT2D eigenvalue weighted by molar-refractivity contribution is -0.347. The molecule has 9 nitrogen and oxygen atoms in total. The fourth-order valence-electron chi connectivity index (χ4n) is 4.51. The van der Waals surface area contributed by atoms with E-state index < -0.39 is 0 Å². The number of H-pyrrole nitrogens is 2. The van der Waals surface area contributed by atoms with Gasteiger partial charge in [-0.1, -0.05) is 30.3 Å². The molecular formula is C26H31N8O+. The van der Waals surface area contributed by atoms with E-state index in [2.05, 4.69) is 35.9 Å². The molecule has 5 N–H and O–H groups in total. The van der Waals surface area contributed by atoms with Gasteiger partial charge in [0.2, 0.25) is 5.52 Å². The minimum Gasteiger partial charge on any atom is -0.364 e. The van der Waals surface area contributed by atoms with Crippen LogP contribution in [0.1, 0.15) is 53.6 Å². The van der Waals surface area contributed by atoms with Crippen LogP contribution < -0.4 is 20.9 Å². The topological polar surface area (TPSA) is 122 Å². The highest BCUT2D eigenvalue weighted by Crippen LogP contribution is 2.26. The van der Waals surface area contributed by atoms with Gasteiger partial charge in [0.1, 0.15) is 0 Å². The average Bonchev–Trinajstić information content (AvgIpc) is 3.36. The predicted molar refractivity (Wildman–Crippen MR) is 136 cm³/mol. The van der Waals surface area contributed by atoms with Crippen molar-refractivity contribution in [3.8, 4) is 0 Å². The van der Waals surface area contributed by atoms with Crippen molar-refractivity contribution in [3.05, 3.63) is 65.7 Å². The van der Waals surface area contributed by atoms with E-state index in [1.165, 1.54) is 19.3 Å². The van der Waals surface area contributed by atoms with Crippen LogP contribution in [-0.2, 0) is 6.42 Å². The van der Waals surface area contributed by atoms with Gasteiger partial charge in [0.25, 0.3) is 5.91 Å². The Bertz CT molecular complexity index is 1300. The predicted octanol–water partition coefficient (Wildman–Crippen LogP) is 3.94. The molecule has 1 aliphatic rings. The maximum atomic E-state index is 12.6. The zero-order valence-corrected chi connectivity index (χ0v) is 19.9. The van der Waals surface area contributed by atoms with E-state index in [-0.39, 0.29) is 5.91 Å². The summed E-state index contributed by atoms with van der Waals surface area (Å²) in [5, 5.41) is 9.91. The van der Waals surface area contributed by atoms with Gasteiger partial charge in [0.05, 0.1) is 0 Å². The molecule has 5 rings (SSSR count). The van der Waals surface area contributed by atoms with Gasteiger partial charge in [0.15, 0.2) is 12.1 Å². The molecule has 0 saturated heterocycles. The van der Waals surface area contributed by atoms with Crippen LogP contribution in [0, 0.1) is 6.92 Å². The number of amides is 1. The minimum absolute atomic E-state index is 0.0953. The van der Waals surface area contributed by atoms with Crippen LogP contribution in [0.2, 0.25) is 0 Å². The highest BCUT2D eigenvalue weighted by Gasteiger charge is 2.21. The van der Waals surface area contributed by atoms with Crippen molar-refractivity contribution in [2.75, 3.05) is 17.2 Å². The molecule has 180 valence electrons. The second-order valence-electron chi connectivity index (χ2n) is 9.05. The van der Waals surface area contributed by atoms with Gasteiger partial charge in [-0.05, 0) is 61.6 Å². The lowest BCUT2D eigenvalue weighted by atomic mass is 9.95. The first-order chi connectivity index (χ1) is 17.2. The molecule has 3 heterocycles. The van der Waals surface area contributed by atoms with E-state index >= 15 is 0 Å². The first kappa shape index (κ1) is 22.8. The van der Waals surface area contributed by atoms with Crippen LogP contribution in [0.3, 0.4) is 0 Å². The molecule has 1 aromatic carbocycles. The molecule has 0 unspecified atom stereocenters. The molecule has 0 aliphatic heterocycles. The summed E-state index contributed by atoms with van der Waals surface area (Å²) < 4.78 is 0. The number of fused-ring (bicyclic) bond motifs is 1. The number of hydrogen-bond donors (Lipinski definition) is 4. The molecule has 1 amide bonds. The molecule has 0 atom stereocenters. The number of aromatic nitrogens is 5. The SMILES string of the molecule is Cc1cc(C(=O)NCCc2cccnc2)ccc1Nc1nc(NC2CCCCC2)c2[nH]c[nH+]c2n1. The Labute approximate surface area is 204 Å². The number of anilines is 3. The number of aryl methyl sites for hydroxylation is 1. The van der Waals surface area contributed by atoms with Crippen molar-refractivity contribution in [3.63, 3.8) is 0 Å². The zero-order chi connectivity index (χ0) is 24.0. The summed E-state index contributed by atoms with van der Waals surface area (Å²) in [7, 11) is 0. The smallest absolute Gasteiger partial charge is 0.307 e. The van der Waals surface area contributed by atoms with Crippen molar-refractivity contribution < 1.29 is 9.78 Å². The number of carbonyl (C=O) groups is 1. The Hall–Kier alpha value is -4.01. The molecule has 1 saturated carbocycles. The van der Waals surface area contributed by atoms with Crippen molar-refractivity contribution in [2.45, 2.75) is 51.5 Å². The summed E-state index contributed by atoms with van der Waals surface area (Å²) in [5.74, 6) is 1.21. The quantitative estimate of drug-likeness (QED) is 0.309. The monoisotopic (exact) mass is 471 g/mol. The molecule has 0 radical (unpaired) electrons. The Morgan fingerprint density at radius 2 is 2.06 bits per heavy atom. The molecular weight excluding hydrogens is 440 g/mol. The molecule has 1 aliphatic carbocycles. The third kappa shape index (κ3) is 5.56. The molecule has 1 fully saturated rings. The molecule has 3 aromatic heterocycles. The third-order valence-electron chi connectivity index (χ3n) is 6.44. The van der Waals surface area contributed by atoms with Crippen molar-refractivity contribution in [2.24, 2.45) is 0 Å². The van der Waals surface area contributed by atoms with E-state index in [1.54, 1.807) is 12.5 Å². The summed E-state index contributed by atoms with van der Waals surface area (Å²) in [5.41, 5.74) is 5.12. The van der Waals surface area contributed by atoms with Crippen LogP contribution in [0.15, 0.2) is 49.1 Å². The van der Waals surface area contributed by atoms with Gasteiger partial charge < -0.3 is 16.0 Å². The summed E-state index contributed by atoms with van der Waals surface area (Å²) in [6, 6.07) is 9.92. The third-order valence-corrected chi connectivity index (χ3v) is 6.44. The first-order valence-electron chi connectivity index (χ1n) is 12.2. The normalized spacial score (nSPS) is 14.1. The molecule has 0 spiro atoms. The Morgan fingerprint density at radius 1 is 1.17 bits per heavy atom. The van der Waals surface area contributed by atoms with E-state index in [1.807, 2.05) is 43.5 Å². The number of carbonyl (C=O) groups excluding carboxylic acids is 1. The van der Waals surface area contributed by atoms with Crippen LogP contribution in [0.5, 0.6) is 0 Å². The van der Waals surface area contributed by atoms with Crippen molar-refractivity contribution >= 4 is 34.5 Å². The first-order valence-corrected chi connectivity index (χ1v) is 12.2. The number of benzene rings is 1. The largest absolute Gasteiger partial charge is 0.364 e. The van der Waals surface area contributed by atoms with Gasteiger partial charge in [-0.25, -0.2) is 4.98 Å². The number of nitrogens with one attached hydrogen (secondary N) is 5. The average molecular weight is 472 g/mol. The van der Waals surface area contributed by atoms with Crippen LogP contribution >= 0.6 is 0 Å². The van der Waals surface area contributed by atoms with Gasteiger partial charge >= 0.3 is 11.6 Å². The molecule has 4 aromatic rings. The van der Waals surface area contributed by atoms with Crippen LogP contribution in [0.4, 0.5) is 17.5 Å². The lowest BCUT2D eigenvalue weighted by Gasteiger charge is -2.23. The second kappa shape index (κ2) is 10.5. The Kier molecular flexibility index (Phi) is 6.83. The van der Waals surface area contributed by atoms with E-state index in [0.717, 1.165) is 53.1 Å². The van der Waals surface area contributed by atoms with E-state index in [4.69, 9.17) is 4.98 Å². The van der Waals surface area contributed by atoms with E-state index in [9.17, 15) is 4.79 Å². The van der Waals surface area contributed by atoms with Gasteiger partial charge in [0, 0.05) is 36.2 Å².